The molecule has 0 amide bonds. The predicted octanol–water partition coefficient (Wildman–Crippen LogP) is 0.817. The van der Waals surface area contributed by atoms with Crippen LogP contribution in [0.3, 0.4) is 0 Å². The van der Waals surface area contributed by atoms with Crippen molar-refractivity contribution in [2.75, 3.05) is 0 Å². The molecule has 2 rings (SSSR count). The van der Waals surface area contributed by atoms with Gasteiger partial charge in [-0.25, -0.2) is 9.97 Å². The predicted molar refractivity (Wildman–Crippen MR) is 45.1 cm³/mol. The number of hydrogen-bond acceptors (Lipinski definition) is 3. The standard InChI is InChI=1S/C4H5N3.C3H4N2/c5-3-4-6-1-2-7-4;1-2-5-3-4-1/h1-3,5H,(H,6,7);1-3H,(H,4,5). The second-order valence-electron chi connectivity index (χ2n) is 1.88. The lowest BCUT2D eigenvalue weighted by Gasteiger charge is -1.71. The molecule has 0 aliphatic rings. The fraction of sp³-hybridized carbons (Fsp3) is 0. The van der Waals surface area contributed by atoms with Crippen LogP contribution in [0.25, 0.3) is 0 Å². The molecule has 0 atom stereocenters. The molecule has 0 aromatic carbocycles. The van der Waals surface area contributed by atoms with Crippen LogP contribution >= 0.6 is 0 Å². The van der Waals surface area contributed by atoms with E-state index in [4.69, 9.17) is 5.41 Å². The van der Waals surface area contributed by atoms with Crippen LogP contribution in [0.5, 0.6) is 0 Å². The van der Waals surface area contributed by atoms with Crippen molar-refractivity contribution in [3.8, 4) is 0 Å². The SMILES string of the molecule is N=Cc1ncc[nH]1.c1c[nH]cn1. The van der Waals surface area contributed by atoms with E-state index in [2.05, 4.69) is 19.9 Å². The zero-order chi connectivity index (χ0) is 8.65. The van der Waals surface area contributed by atoms with E-state index in [1.807, 2.05) is 0 Å². The van der Waals surface area contributed by atoms with Gasteiger partial charge in [-0.2, -0.15) is 0 Å². The summed E-state index contributed by atoms with van der Waals surface area (Å²) in [6.07, 6.45) is 9.54. The Morgan fingerprint density at radius 2 is 2.25 bits per heavy atom. The average Bonchev–Trinajstić information content (AvgIpc) is 2.81. The largest absolute Gasteiger partial charge is 0.351 e. The summed E-state index contributed by atoms with van der Waals surface area (Å²) in [5, 5.41) is 6.64. The van der Waals surface area contributed by atoms with Gasteiger partial charge in [-0.1, -0.05) is 0 Å². The third-order valence-corrected chi connectivity index (χ3v) is 1.06. The number of nitrogens with one attached hydrogen (secondary N) is 3. The van der Waals surface area contributed by atoms with Crippen LogP contribution < -0.4 is 0 Å². The number of hydrogen-bond donors (Lipinski definition) is 3. The Labute approximate surface area is 69.4 Å². The maximum Gasteiger partial charge on any atom is 0.147 e. The maximum atomic E-state index is 6.64. The highest BCUT2D eigenvalue weighted by Crippen LogP contribution is 1.77. The molecule has 0 saturated heterocycles. The molecule has 0 spiro atoms. The minimum atomic E-state index is 0.597. The van der Waals surface area contributed by atoms with Crippen molar-refractivity contribution in [1.82, 2.24) is 19.9 Å². The highest BCUT2D eigenvalue weighted by Gasteiger charge is 1.79. The number of aromatic nitrogens is 4. The van der Waals surface area contributed by atoms with Crippen LogP contribution in [0.2, 0.25) is 0 Å². The first kappa shape index (κ1) is 8.19. The summed E-state index contributed by atoms with van der Waals surface area (Å²) in [5.74, 6) is 0.597. The molecule has 0 saturated carbocycles. The Morgan fingerprint density at radius 3 is 2.50 bits per heavy atom. The molecule has 3 N–H and O–H groups in total. The quantitative estimate of drug-likeness (QED) is 0.544. The van der Waals surface area contributed by atoms with Crippen LogP contribution in [0.1, 0.15) is 5.82 Å². The number of H-pyrrole nitrogens is 2. The minimum Gasteiger partial charge on any atom is -0.351 e. The van der Waals surface area contributed by atoms with Crippen molar-refractivity contribution in [3.05, 3.63) is 36.9 Å². The smallest absolute Gasteiger partial charge is 0.147 e. The molecule has 0 bridgehead atoms. The van der Waals surface area contributed by atoms with Crippen molar-refractivity contribution in [2.24, 2.45) is 0 Å². The van der Waals surface area contributed by atoms with Crippen LogP contribution in [0.4, 0.5) is 0 Å². The molecule has 0 unspecified atom stereocenters. The van der Waals surface area contributed by atoms with Crippen molar-refractivity contribution in [1.29, 1.82) is 5.41 Å². The Morgan fingerprint density at radius 1 is 1.33 bits per heavy atom. The van der Waals surface area contributed by atoms with Gasteiger partial charge in [0.15, 0.2) is 0 Å². The minimum absolute atomic E-state index is 0.597. The van der Waals surface area contributed by atoms with E-state index in [-0.39, 0.29) is 0 Å². The fourth-order valence-electron chi connectivity index (χ4n) is 0.572. The van der Waals surface area contributed by atoms with E-state index in [0.29, 0.717) is 5.82 Å². The van der Waals surface area contributed by atoms with E-state index in [0.717, 1.165) is 0 Å². The summed E-state index contributed by atoms with van der Waals surface area (Å²) in [5.41, 5.74) is 0. The topological polar surface area (TPSA) is 81.2 Å². The first-order chi connectivity index (χ1) is 5.93. The van der Waals surface area contributed by atoms with E-state index in [9.17, 15) is 0 Å². The van der Waals surface area contributed by atoms with Crippen LogP contribution in [0, 0.1) is 5.41 Å². The van der Waals surface area contributed by atoms with Crippen molar-refractivity contribution < 1.29 is 0 Å². The van der Waals surface area contributed by atoms with Crippen LogP contribution in [0.15, 0.2) is 31.1 Å². The Hall–Kier alpha value is -1.91. The summed E-state index contributed by atoms with van der Waals surface area (Å²) < 4.78 is 0. The van der Waals surface area contributed by atoms with Crippen molar-refractivity contribution in [2.45, 2.75) is 0 Å². The molecule has 2 heterocycles. The summed E-state index contributed by atoms with van der Waals surface area (Å²) in [6.45, 7) is 0. The monoisotopic (exact) mass is 163 g/mol. The number of rotatable bonds is 1. The molecule has 0 aliphatic heterocycles. The maximum absolute atomic E-state index is 6.64. The van der Waals surface area contributed by atoms with Crippen LogP contribution in [-0.4, -0.2) is 26.2 Å². The second-order valence-corrected chi connectivity index (χ2v) is 1.88. The van der Waals surface area contributed by atoms with Gasteiger partial charge in [-0.15, -0.1) is 0 Å². The van der Waals surface area contributed by atoms with Gasteiger partial charge in [-0.3, -0.25) is 0 Å². The number of imidazole rings is 2. The van der Waals surface area contributed by atoms with Gasteiger partial charge in [0.2, 0.25) is 0 Å². The summed E-state index contributed by atoms with van der Waals surface area (Å²) >= 11 is 0. The summed E-state index contributed by atoms with van der Waals surface area (Å²) in [7, 11) is 0. The highest BCUT2D eigenvalue weighted by molar-refractivity contribution is 5.70. The van der Waals surface area contributed by atoms with E-state index >= 15 is 0 Å². The van der Waals surface area contributed by atoms with Gasteiger partial charge in [0, 0.05) is 24.8 Å². The fourth-order valence-corrected chi connectivity index (χ4v) is 0.572. The lowest BCUT2D eigenvalue weighted by atomic mass is 10.7. The number of nitrogens with zero attached hydrogens (tertiary/aromatic N) is 2. The van der Waals surface area contributed by atoms with Gasteiger partial charge < -0.3 is 15.4 Å². The van der Waals surface area contributed by atoms with Crippen molar-refractivity contribution >= 4 is 6.21 Å². The van der Waals surface area contributed by atoms with Gasteiger partial charge in [0.25, 0.3) is 0 Å². The average molecular weight is 163 g/mol. The van der Waals surface area contributed by atoms with Crippen LogP contribution in [-0.2, 0) is 0 Å². The molecule has 2 aromatic rings. The van der Waals surface area contributed by atoms with Gasteiger partial charge >= 0.3 is 0 Å². The van der Waals surface area contributed by atoms with Crippen molar-refractivity contribution in [3.63, 3.8) is 0 Å². The molecule has 5 nitrogen and oxygen atoms in total. The zero-order valence-electron chi connectivity index (χ0n) is 6.36. The molecule has 0 aliphatic carbocycles. The lowest BCUT2D eigenvalue weighted by molar-refractivity contribution is 1.26. The Kier molecular flexibility index (Phi) is 3.30. The van der Waals surface area contributed by atoms with Gasteiger partial charge in [0.05, 0.1) is 12.5 Å². The Balaban J connectivity index is 0.000000127. The third kappa shape index (κ3) is 2.78. The molecule has 0 radical (unpaired) electrons. The molecule has 5 heteroatoms. The normalized spacial score (nSPS) is 8.33. The van der Waals surface area contributed by atoms with E-state index in [1.165, 1.54) is 6.21 Å². The molecule has 62 valence electrons. The summed E-state index contributed by atoms with van der Waals surface area (Å²) in [4.78, 5) is 12.9. The van der Waals surface area contributed by atoms with Gasteiger partial charge in [0.1, 0.15) is 5.82 Å². The number of aromatic amines is 2. The first-order valence-electron chi connectivity index (χ1n) is 3.36. The molecule has 0 fully saturated rings. The first-order valence-corrected chi connectivity index (χ1v) is 3.36. The molecule has 2 aromatic heterocycles. The van der Waals surface area contributed by atoms with E-state index < -0.39 is 0 Å². The zero-order valence-corrected chi connectivity index (χ0v) is 6.36. The van der Waals surface area contributed by atoms with Gasteiger partial charge in [-0.05, 0) is 0 Å². The molecule has 12 heavy (non-hydrogen) atoms. The lowest BCUT2D eigenvalue weighted by Crippen LogP contribution is -1.78. The summed E-state index contributed by atoms with van der Waals surface area (Å²) in [6, 6.07) is 0. The third-order valence-electron chi connectivity index (χ3n) is 1.06. The Bertz CT molecular complexity index is 266. The second kappa shape index (κ2) is 4.84. The van der Waals surface area contributed by atoms with E-state index in [1.54, 1.807) is 31.1 Å². The molecular weight excluding hydrogens is 154 g/mol. The highest BCUT2D eigenvalue weighted by atomic mass is 14.9. The molecular formula is C7H9N5.